The standard InChI is InChI=1S/C16H20BrNS/c1-4-18-16(9-14-8-13(17)10-19-14)15-6-5-11(2)7-12(15)3/h5-8,10,16,18H,4,9H2,1-3H3. The molecule has 19 heavy (non-hydrogen) atoms. The van der Waals surface area contributed by atoms with Gasteiger partial charge in [-0.25, -0.2) is 0 Å². The van der Waals surface area contributed by atoms with Gasteiger partial charge in [-0.15, -0.1) is 11.3 Å². The molecular weight excluding hydrogens is 318 g/mol. The molecule has 0 fully saturated rings. The van der Waals surface area contributed by atoms with Crippen molar-refractivity contribution in [3.63, 3.8) is 0 Å². The molecule has 0 bridgehead atoms. The van der Waals surface area contributed by atoms with Gasteiger partial charge in [-0.05, 0) is 53.5 Å². The number of aryl methyl sites for hydroxylation is 2. The lowest BCUT2D eigenvalue weighted by Gasteiger charge is -2.20. The zero-order valence-corrected chi connectivity index (χ0v) is 14.1. The van der Waals surface area contributed by atoms with Crippen molar-refractivity contribution in [3.05, 3.63) is 55.7 Å². The molecule has 2 rings (SSSR count). The Morgan fingerprint density at radius 3 is 2.63 bits per heavy atom. The van der Waals surface area contributed by atoms with Crippen molar-refractivity contribution in [3.8, 4) is 0 Å². The average molecular weight is 338 g/mol. The van der Waals surface area contributed by atoms with E-state index < -0.39 is 0 Å². The lowest BCUT2D eigenvalue weighted by Crippen LogP contribution is -2.23. The maximum Gasteiger partial charge on any atom is 0.0371 e. The first-order chi connectivity index (χ1) is 9.10. The number of likely N-dealkylation sites (N-methyl/N-ethyl adjacent to an activating group) is 1. The van der Waals surface area contributed by atoms with Crippen molar-refractivity contribution >= 4 is 27.3 Å². The second kappa shape index (κ2) is 6.69. The molecule has 1 unspecified atom stereocenters. The fourth-order valence-electron chi connectivity index (χ4n) is 2.42. The normalized spacial score (nSPS) is 12.6. The molecule has 0 aliphatic rings. The molecule has 0 saturated carbocycles. The van der Waals surface area contributed by atoms with Gasteiger partial charge in [0.25, 0.3) is 0 Å². The average Bonchev–Trinajstić information content (AvgIpc) is 2.74. The lowest BCUT2D eigenvalue weighted by molar-refractivity contribution is 0.551. The highest BCUT2D eigenvalue weighted by Crippen LogP contribution is 2.27. The molecule has 0 saturated heterocycles. The van der Waals surface area contributed by atoms with Gasteiger partial charge in [0.15, 0.2) is 0 Å². The Balaban J connectivity index is 2.23. The topological polar surface area (TPSA) is 12.0 Å². The van der Waals surface area contributed by atoms with Crippen molar-refractivity contribution in [2.75, 3.05) is 6.54 Å². The molecule has 1 nitrogen and oxygen atoms in total. The van der Waals surface area contributed by atoms with Gasteiger partial charge in [-0.2, -0.15) is 0 Å². The van der Waals surface area contributed by atoms with Crippen LogP contribution in [0.4, 0.5) is 0 Å². The second-order valence-electron chi connectivity index (χ2n) is 4.91. The predicted molar refractivity (Wildman–Crippen MR) is 88.1 cm³/mol. The number of nitrogens with one attached hydrogen (secondary N) is 1. The van der Waals surface area contributed by atoms with E-state index in [1.165, 1.54) is 26.0 Å². The fourth-order valence-corrected chi connectivity index (χ4v) is 3.92. The van der Waals surface area contributed by atoms with Gasteiger partial charge < -0.3 is 5.32 Å². The highest BCUT2D eigenvalue weighted by atomic mass is 79.9. The Morgan fingerprint density at radius 2 is 2.05 bits per heavy atom. The molecule has 0 radical (unpaired) electrons. The van der Waals surface area contributed by atoms with Gasteiger partial charge in [0, 0.05) is 27.2 Å². The summed E-state index contributed by atoms with van der Waals surface area (Å²) in [4.78, 5) is 1.41. The largest absolute Gasteiger partial charge is 0.310 e. The van der Waals surface area contributed by atoms with E-state index in [-0.39, 0.29) is 0 Å². The predicted octanol–water partition coefficient (Wildman–Crippen LogP) is 5.02. The van der Waals surface area contributed by atoms with E-state index in [1.54, 1.807) is 0 Å². The molecule has 1 aromatic heterocycles. The van der Waals surface area contributed by atoms with E-state index in [9.17, 15) is 0 Å². The first-order valence-electron chi connectivity index (χ1n) is 6.63. The first-order valence-corrected chi connectivity index (χ1v) is 8.31. The molecule has 0 aliphatic heterocycles. The van der Waals surface area contributed by atoms with Crippen LogP contribution in [0.1, 0.15) is 34.5 Å². The summed E-state index contributed by atoms with van der Waals surface area (Å²) in [7, 11) is 0. The van der Waals surface area contributed by atoms with Crippen LogP contribution in [0.3, 0.4) is 0 Å². The van der Waals surface area contributed by atoms with E-state index in [0.29, 0.717) is 6.04 Å². The maximum atomic E-state index is 3.61. The SMILES string of the molecule is CCNC(Cc1cc(Br)cs1)c1ccc(C)cc1C. The molecule has 0 spiro atoms. The van der Waals surface area contributed by atoms with Crippen LogP contribution >= 0.6 is 27.3 Å². The van der Waals surface area contributed by atoms with Gasteiger partial charge in [0.1, 0.15) is 0 Å². The molecule has 1 heterocycles. The summed E-state index contributed by atoms with van der Waals surface area (Å²) in [6.07, 6.45) is 1.05. The second-order valence-corrected chi connectivity index (χ2v) is 6.82. The fraction of sp³-hybridized carbons (Fsp3) is 0.375. The maximum absolute atomic E-state index is 3.61. The third kappa shape index (κ3) is 3.91. The Hall–Kier alpha value is -0.640. The highest BCUT2D eigenvalue weighted by Gasteiger charge is 2.14. The zero-order chi connectivity index (χ0) is 13.8. The van der Waals surface area contributed by atoms with Gasteiger partial charge in [-0.3, -0.25) is 0 Å². The summed E-state index contributed by atoms with van der Waals surface area (Å²) in [5.74, 6) is 0. The van der Waals surface area contributed by atoms with Crippen LogP contribution in [-0.2, 0) is 6.42 Å². The first kappa shape index (κ1) is 14.8. The quantitative estimate of drug-likeness (QED) is 0.807. The van der Waals surface area contributed by atoms with Crippen molar-refractivity contribution in [2.45, 2.75) is 33.2 Å². The molecular formula is C16H20BrNS. The highest BCUT2D eigenvalue weighted by molar-refractivity contribution is 9.10. The zero-order valence-electron chi connectivity index (χ0n) is 11.7. The monoisotopic (exact) mass is 337 g/mol. The van der Waals surface area contributed by atoms with Crippen molar-refractivity contribution in [1.82, 2.24) is 5.32 Å². The van der Waals surface area contributed by atoms with E-state index >= 15 is 0 Å². The van der Waals surface area contributed by atoms with Crippen LogP contribution in [0.25, 0.3) is 0 Å². The minimum atomic E-state index is 0.399. The van der Waals surface area contributed by atoms with Crippen LogP contribution in [0.2, 0.25) is 0 Å². The molecule has 0 aliphatic carbocycles. The molecule has 0 amide bonds. The summed E-state index contributed by atoms with van der Waals surface area (Å²) in [6, 6.07) is 9.36. The Kier molecular flexibility index (Phi) is 5.20. The third-order valence-corrected chi connectivity index (χ3v) is 5.00. The van der Waals surface area contributed by atoms with Gasteiger partial charge >= 0.3 is 0 Å². The van der Waals surface area contributed by atoms with Crippen LogP contribution < -0.4 is 5.32 Å². The summed E-state index contributed by atoms with van der Waals surface area (Å²) in [6.45, 7) is 7.51. The third-order valence-electron chi connectivity index (χ3n) is 3.28. The number of halogens is 1. The Labute approximate surface area is 128 Å². The number of hydrogen-bond acceptors (Lipinski definition) is 2. The number of benzene rings is 1. The van der Waals surface area contributed by atoms with E-state index in [1.807, 2.05) is 11.3 Å². The van der Waals surface area contributed by atoms with Crippen LogP contribution in [0.5, 0.6) is 0 Å². The number of thiophene rings is 1. The van der Waals surface area contributed by atoms with Crippen LogP contribution in [0.15, 0.2) is 34.1 Å². The summed E-state index contributed by atoms with van der Waals surface area (Å²) in [5.41, 5.74) is 4.12. The number of rotatable bonds is 5. The van der Waals surface area contributed by atoms with Gasteiger partial charge in [-0.1, -0.05) is 30.7 Å². The minimum Gasteiger partial charge on any atom is -0.310 e. The molecule has 1 N–H and O–H groups in total. The van der Waals surface area contributed by atoms with E-state index in [0.717, 1.165) is 13.0 Å². The lowest BCUT2D eigenvalue weighted by atomic mass is 9.96. The van der Waals surface area contributed by atoms with Crippen molar-refractivity contribution in [1.29, 1.82) is 0 Å². The molecule has 1 atom stereocenters. The Bertz CT molecular complexity index is 547. The summed E-state index contributed by atoms with van der Waals surface area (Å²) >= 11 is 5.35. The summed E-state index contributed by atoms with van der Waals surface area (Å²) in [5, 5.41) is 5.76. The van der Waals surface area contributed by atoms with Crippen molar-refractivity contribution < 1.29 is 0 Å². The smallest absolute Gasteiger partial charge is 0.0371 e. The summed E-state index contributed by atoms with van der Waals surface area (Å²) < 4.78 is 1.18. The van der Waals surface area contributed by atoms with Crippen LogP contribution in [-0.4, -0.2) is 6.54 Å². The van der Waals surface area contributed by atoms with Crippen molar-refractivity contribution in [2.24, 2.45) is 0 Å². The Morgan fingerprint density at radius 1 is 1.26 bits per heavy atom. The van der Waals surface area contributed by atoms with E-state index in [4.69, 9.17) is 0 Å². The molecule has 1 aromatic carbocycles. The van der Waals surface area contributed by atoms with Gasteiger partial charge in [0.2, 0.25) is 0 Å². The molecule has 2 aromatic rings. The van der Waals surface area contributed by atoms with E-state index in [2.05, 4.69) is 71.7 Å². The molecule has 3 heteroatoms. The number of hydrogen-bond donors (Lipinski definition) is 1. The molecule has 102 valence electrons. The van der Waals surface area contributed by atoms with Crippen LogP contribution in [0, 0.1) is 13.8 Å². The minimum absolute atomic E-state index is 0.399. The van der Waals surface area contributed by atoms with Gasteiger partial charge in [0.05, 0.1) is 0 Å².